The van der Waals surface area contributed by atoms with E-state index in [0.29, 0.717) is 52.5 Å². The smallest absolute Gasteiger partial charge is 0.219 e. The number of furan rings is 1. The molecule has 3 aromatic heterocycles. The molecule has 5 rings (SSSR count). The van der Waals surface area contributed by atoms with E-state index in [2.05, 4.69) is 11.1 Å². The fourth-order valence-corrected chi connectivity index (χ4v) is 3.95. The number of aromatic nitrogens is 3. The highest BCUT2D eigenvalue weighted by Gasteiger charge is 2.20. The van der Waals surface area contributed by atoms with Gasteiger partial charge in [0.1, 0.15) is 17.3 Å². The van der Waals surface area contributed by atoms with Gasteiger partial charge in [-0.1, -0.05) is 42.0 Å². The summed E-state index contributed by atoms with van der Waals surface area (Å²) in [5.74, 6) is 0.372. The Balaban J connectivity index is 1.70. The highest BCUT2D eigenvalue weighted by Crippen LogP contribution is 2.30. The zero-order valence-electron chi connectivity index (χ0n) is 17.8. The van der Waals surface area contributed by atoms with E-state index >= 15 is 0 Å². The van der Waals surface area contributed by atoms with Crippen molar-refractivity contribution in [2.75, 3.05) is 0 Å². The van der Waals surface area contributed by atoms with E-state index in [9.17, 15) is 9.50 Å². The number of aromatic hydroxyl groups is 1. The van der Waals surface area contributed by atoms with E-state index in [1.54, 1.807) is 48.0 Å². The molecule has 5 aromatic rings. The van der Waals surface area contributed by atoms with Gasteiger partial charge in [-0.25, -0.2) is 14.4 Å². The monoisotopic (exact) mass is 427 g/mol. The van der Waals surface area contributed by atoms with E-state index in [0.717, 1.165) is 11.1 Å². The molecule has 0 atom stereocenters. The Morgan fingerprint density at radius 1 is 0.969 bits per heavy atom. The molecule has 0 bridgehead atoms. The van der Waals surface area contributed by atoms with Gasteiger partial charge in [0, 0.05) is 18.2 Å². The Bertz CT molecular complexity index is 1420. The molecular weight excluding hydrogens is 405 g/mol. The number of aryl methyl sites for hydroxylation is 2. The summed E-state index contributed by atoms with van der Waals surface area (Å²) in [6, 6.07) is 17.0. The zero-order chi connectivity index (χ0) is 22.2. The highest BCUT2D eigenvalue weighted by molar-refractivity contribution is 5.64. The molecule has 0 radical (unpaired) electrons. The quantitative estimate of drug-likeness (QED) is 0.395. The first-order valence-corrected chi connectivity index (χ1v) is 10.4. The average Bonchev–Trinajstić information content (AvgIpc) is 3.39. The van der Waals surface area contributed by atoms with Crippen LogP contribution in [0.3, 0.4) is 0 Å². The molecule has 32 heavy (non-hydrogen) atoms. The molecule has 5 nitrogen and oxygen atoms in total. The third-order valence-electron chi connectivity index (χ3n) is 5.56. The van der Waals surface area contributed by atoms with Gasteiger partial charge in [-0.2, -0.15) is 0 Å². The molecule has 3 heterocycles. The molecule has 2 aromatic carbocycles. The van der Waals surface area contributed by atoms with E-state index in [-0.39, 0.29) is 11.7 Å². The first-order valence-electron chi connectivity index (χ1n) is 10.4. The van der Waals surface area contributed by atoms with Crippen molar-refractivity contribution in [3.8, 4) is 17.1 Å². The van der Waals surface area contributed by atoms with Gasteiger partial charge in [-0.05, 0) is 43.2 Å². The molecular formula is C26H22FN3O2. The fourth-order valence-electron chi connectivity index (χ4n) is 3.95. The number of benzene rings is 2. The van der Waals surface area contributed by atoms with Gasteiger partial charge in [0.05, 0.1) is 24.1 Å². The lowest BCUT2D eigenvalue weighted by atomic mass is 10.1. The lowest BCUT2D eigenvalue weighted by Gasteiger charge is -2.10. The standard InChI is InChI=1S/C26H22FN3O2/c1-16-6-3-8-18(12-16)13-21-25-29-22(14-19-9-5-11-32-19)26(31)30(25)15-23(28-21)20-10-4-7-17(2)24(20)27/h3-12,15,31H,13-14H2,1-2H3. The van der Waals surface area contributed by atoms with E-state index < -0.39 is 0 Å². The van der Waals surface area contributed by atoms with Crippen LogP contribution >= 0.6 is 0 Å². The minimum Gasteiger partial charge on any atom is -0.493 e. The molecule has 160 valence electrons. The van der Waals surface area contributed by atoms with Gasteiger partial charge in [0.15, 0.2) is 5.65 Å². The van der Waals surface area contributed by atoms with Gasteiger partial charge < -0.3 is 9.52 Å². The summed E-state index contributed by atoms with van der Waals surface area (Å²) in [5.41, 5.74) is 5.27. The lowest BCUT2D eigenvalue weighted by molar-refractivity contribution is 0.438. The Morgan fingerprint density at radius 3 is 2.59 bits per heavy atom. The van der Waals surface area contributed by atoms with Crippen LogP contribution in [0.5, 0.6) is 5.88 Å². The summed E-state index contributed by atoms with van der Waals surface area (Å²) in [6.07, 6.45) is 4.08. The third-order valence-corrected chi connectivity index (χ3v) is 5.56. The van der Waals surface area contributed by atoms with Gasteiger partial charge in [-0.3, -0.25) is 4.40 Å². The number of fused-ring (bicyclic) bond motifs is 1. The Kier molecular flexibility index (Phi) is 4.98. The van der Waals surface area contributed by atoms with E-state index in [1.807, 2.05) is 31.2 Å². The summed E-state index contributed by atoms with van der Waals surface area (Å²) in [7, 11) is 0. The van der Waals surface area contributed by atoms with Gasteiger partial charge in [-0.15, -0.1) is 0 Å². The maximum Gasteiger partial charge on any atom is 0.219 e. The summed E-state index contributed by atoms with van der Waals surface area (Å²) < 4.78 is 21.9. The maximum atomic E-state index is 14.9. The molecule has 0 amide bonds. The second kappa shape index (κ2) is 7.96. The summed E-state index contributed by atoms with van der Waals surface area (Å²) in [4.78, 5) is 9.47. The number of imidazole rings is 1. The minimum atomic E-state index is -0.323. The molecule has 0 aliphatic heterocycles. The van der Waals surface area contributed by atoms with Crippen molar-refractivity contribution in [1.29, 1.82) is 0 Å². The van der Waals surface area contributed by atoms with Crippen LogP contribution in [0.1, 0.15) is 33.8 Å². The van der Waals surface area contributed by atoms with E-state index in [1.165, 1.54) is 0 Å². The molecule has 0 unspecified atom stereocenters. The van der Waals surface area contributed by atoms with Crippen LogP contribution in [0.4, 0.5) is 4.39 Å². The number of rotatable bonds is 5. The van der Waals surface area contributed by atoms with Crippen LogP contribution < -0.4 is 0 Å². The molecule has 0 fully saturated rings. The Labute approximate surface area is 184 Å². The molecule has 6 heteroatoms. The number of nitrogens with zero attached hydrogens (tertiary/aromatic N) is 3. The first-order chi connectivity index (χ1) is 15.5. The topological polar surface area (TPSA) is 63.6 Å². The minimum absolute atomic E-state index is 0.00129. The first kappa shape index (κ1) is 20.0. The van der Waals surface area contributed by atoms with Crippen LogP contribution in [-0.4, -0.2) is 19.5 Å². The van der Waals surface area contributed by atoms with Crippen LogP contribution in [0.15, 0.2) is 71.5 Å². The van der Waals surface area contributed by atoms with Crippen molar-refractivity contribution >= 4 is 5.65 Å². The molecule has 1 N–H and O–H groups in total. The lowest BCUT2D eigenvalue weighted by Crippen LogP contribution is -2.02. The normalized spacial score (nSPS) is 11.3. The average molecular weight is 427 g/mol. The van der Waals surface area contributed by atoms with Crippen molar-refractivity contribution in [2.45, 2.75) is 26.7 Å². The summed E-state index contributed by atoms with van der Waals surface area (Å²) in [6.45, 7) is 3.76. The van der Waals surface area contributed by atoms with E-state index in [4.69, 9.17) is 9.40 Å². The Morgan fingerprint density at radius 2 is 1.81 bits per heavy atom. The van der Waals surface area contributed by atoms with Crippen molar-refractivity contribution in [3.05, 3.63) is 107 Å². The third kappa shape index (κ3) is 3.64. The Hall–Kier alpha value is -3.93. The summed E-state index contributed by atoms with van der Waals surface area (Å²) >= 11 is 0. The number of hydrogen-bond donors (Lipinski definition) is 1. The highest BCUT2D eigenvalue weighted by atomic mass is 19.1. The van der Waals surface area contributed by atoms with Crippen LogP contribution in [0, 0.1) is 19.7 Å². The van der Waals surface area contributed by atoms with Gasteiger partial charge >= 0.3 is 0 Å². The number of halogens is 1. The molecule has 0 aliphatic rings. The van der Waals surface area contributed by atoms with Crippen molar-refractivity contribution in [2.24, 2.45) is 0 Å². The predicted octanol–water partition coefficient (Wildman–Crippen LogP) is 5.63. The molecule has 0 saturated carbocycles. The van der Waals surface area contributed by atoms with Gasteiger partial charge in [0.25, 0.3) is 0 Å². The molecule has 0 aliphatic carbocycles. The number of hydrogen-bond acceptors (Lipinski definition) is 4. The fraction of sp³-hybridized carbons (Fsp3) is 0.154. The van der Waals surface area contributed by atoms with Crippen LogP contribution in [0.2, 0.25) is 0 Å². The predicted molar refractivity (Wildman–Crippen MR) is 120 cm³/mol. The maximum absolute atomic E-state index is 14.9. The zero-order valence-corrected chi connectivity index (χ0v) is 17.8. The second-order valence-electron chi connectivity index (χ2n) is 8.01. The molecule has 0 saturated heterocycles. The second-order valence-corrected chi connectivity index (χ2v) is 8.01. The summed E-state index contributed by atoms with van der Waals surface area (Å²) in [5, 5.41) is 11.0. The van der Waals surface area contributed by atoms with Crippen molar-refractivity contribution in [1.82, 2.24) is 14.4 Å². The SMILES string of the molecule is Cc1cccc(Cc2nc(-c3cccc(C)c3F)cn3c(O)c(Cc4ccco4)nc23)c1. The largest absolute Gasteiger partial charge is 0.493 e. The molecule has 0 spiro atoms. The van der Waals surface area contributed by atoms with Crippen molar-refractivity contribution in [3.63, 3.8) is 0 Å². The van der Waals surface area contributed by atoms with Crippen LogP contribution in [0.25, 0.3) is 16.9 Å². The van der Waals surface area contributed by atoms with Gasteiger partial charge in [0.2, 0.25) is 5.88 Å². The van der Waals surface area contributed by atoms with Crippen molar-refractivity contribution < 1.29 is 13.9 Å². The van der Waals surface area contributed by atoms with Crippen LogP contribution in [-0.2, 0) is 12.8 Å².